The van der Waals surface area contributed by atoms with Crippen molar-refractivity contribution in [2.75, 3.05) is 24.3 Å². The van der Waals surface area contributed by atoms with E-state index in [0.717, 1.165) is 11.3 Å². The van der Waals surface area contributed by atoms with Crippen LogP contribution in [0.3, 0.4) is 0 Å². The highest BCUT2D eigenvalue weighted by Crippen LogP contribution is 2.40. The number of nitrogens with one attached hydrogen (secondary N) is 1. The lowest BCUT2D eigenvalue weighted by atomic mass is 10.0. The first-order valence-electron chi connectivity index (χ1n) is 10.4. The number of amides is 2. The van der Waals surface area contributed by atoms with E-state index in [2.05, 4.69) is 20.6 Å². The summed E-state index contributed by atoms with van der Waals surface area (Å²) in [6.45, 7) is 0.216. The maximum Gasteiger partial charge on any atom is 0.352 e. The van der Waals surface area contributed by atoms with Crippen molar-refractivity contribution in [3.63, 3.8) is 0 Å². The van der Waals surface area contributed by atoms with Gasteiger partial charge in [-0.1, -0.05) is 14.8 Å². The minimum Gasteiger partial charge on any atom is -0.477 e. The molecule has 36 heavy (non-hydrogen) atoms. The summed E-state index contributed by atoms with van der Waals surface area (Å²) in [6.07, 6.45) is 3.33. The van der Waals surface area contributed by atoms with E-state index in [9.17, 15) is 19.5 Å². The van der Waals surface area contributed by atoms with E-state index in [1.165, 1.54) is 28.3 Å². The Hall–Kier alpha value is -4.18. The molecule has 16 heteroatoms. The maximum atomic E-state index is 13.0. The molecule has 0 spiro atoms. The number of carboxylic acid groups (broad SMARTS) is 1. The van der Waals surface area contributed by atoms with Crippen LogP contribution >= 0.6 is 23.1 Å². The number of rotatable bonds is 7. The molecule has 2 amide bonds. The molecule has 0 aliphatic carbocycles. The summed E-state index contributed by atoms with van der Waals surface area (Å²) in [4.78, 5) is 48.1. The Morgan fingerprint density at radius 2 is 2.19 bits per heavy atom. The summed E-state index contributed by atoms with van der Waals surface area (Å²) in [5.74, 6) is -1.68. The van der Waals surface area contributed by atoms with Gasteiger partial charge < -0.3 is 26.7 Å². The minimum absolute atomic E-state index is 0.103. The highest BCUT2D eigenvalue weighted by atomic mass is 32.2. The van der Waals surface area contributed by atoms with E-state index in [4.69, 9.17) is 16.3 Å². The molecule has 1 fully saturated rings. The molecule has 2 aliphatic rings. The van der Waals surface area contributed by atoms with Gasteiger partial charge in [0.1, 0.15) is 36.5 Å². The Balaban J connectivity index is 1.38. The summed E-state index contributed by atoms with van der Waals surface area (Å²) >= 11 is 2.48. The number of nitrogen functional groups attached to an aromatic ring is 2. The van der Waals surface area contributed by atoms with Gasteiger partial charge >= 0.3 is 11.6 Å². The Kier molecular flexibility index (Phi) is 5.97. The first-order chi connectivity index (χ1) is 17.3. The number of thioether (sulfide) groups is 1. The number of thiazole rings is 1. The van der Waals surface area contributed by atoms with Gasteiger partial charge in [0.25, 0.3) is 11.8 Å². The number of β-lactam (4-membered cyclic amide) rings is 1. The standard InChI is InChI=1S/C20H19N9O5S2/c1-34-26-13(10-8-36-20(22)24-10)16(30)25-14-17(31)28-15(19(32)33)9(7-35-18(14)28)6-27-5-3-11(21)29-12(27)2-4-23-29/h2-5,8,14,18,21H,6-7H2,1H3,(H4,22,24,25,30,32,33)/p+1/b26-13-/t14-,18-/m1/s1. The number of anilines is 2. The largest absolute Gasteiger partial charge is 0.477 e. The fraction of sp³-hybridized carbons (Fsp3) is 0.250. The molecular weight excluding hydrogens is 510 g/mol. The lowest BCUT2D eigenvalue weighted by Crippen LogP contribution is -2.71. The van der Waals surface area contributed by atoms with Crippen LogP contribution in [0.4, 0.5) is 10.9 Å². The molecule has 1 saturated heterocycles. The van der Waals surface area contributed by atoms with E-state index < -0.39 is 29.2 Å². The van der Waals surface area contributed by atoms with E-state index in [-0.39, 0.29) is 28.8 Å². The number of fused-ring (bicyclic) bond motifs is 2. The van der Waals surface area contributed by atoms with E-state index >= 15 is 0 Å². The molecule has 0 unspecified atom stereocenters. The van der Waals surface area contributed by atoms with Crippen LogP contribution in [0.25, 0.3) is 5.65 Å². The number of hydrogen-bond acceptors (Lipinski definition) is 11. The normalized spacial score (nSPS) is 19.8. The third kappa shape index (κ3) is 3.89. The highest BCUT2D eigenvalue weighted by molar-refractivity contribution is 8.00. The smallest absolute Gasteiger partial charge is 0.352 e. The number of carboxylic acids is 1. The second-order valence-corrected chi connectivity index (χ2v) is 9.78. The van der Waals surface area contributed by atoms with Gasteiger partial charge in [0.05, 0.1) is 18.5 Å². The van der Waals surface area contributed by atoms with Crippen LogP contribution in [-0.4, -0.2) is 72.4 Å². The van der Waals surface area contributed by atoms with Crippen LogP contribution in [0, 0.1) is 0 Å². The van der Waals surface area contributed by atoms with Crippen molar-refractivity contribution in [3.8, 4) is 0 Å². The van der Waals surface area contributed by atoms with E-state index in [1.54, 1.807) is 34.5 Å². The topological polar surface area (TPSA) is 194 Å². The quantitative estimate of drug-likeness (QED) is 0.128. The van der Waals surface area contributed by atoms with Gasteiger partial charge in [-0.15, -0.1) is 23.1 Å². The molecule has 5 heterocycles. The average molecular weight is 531 g/mol. The second-order valence-electron chi connectivity index (χ2n) is 7.78. The third-order valence-corrected chi connectivity index (χ3v) is 7.66. The predicted molar refractivity (Wildman–Crippen MR) is 130 cm³/mol. The Morgan fingerprint density at radius 3 is 2.89 bits per heavy atom. The minimum atomic E-state index is -1.23. The Labute approximate surface area is 211 Å². The summed E-state index contributed by atoms with van der Waals surface area (Å²) in [5.41, 5.74) is 12.8. The third-order valence-electron chi connectivity index (χ3n) is 5.65. The zero-order valence-electron chi connectivity index (χ0n) is 18.7. The van der Waals surface area contributed by atoms with Gasteiger partial charge in [-0.05, 0) is 0 Å². The molecule has 2 atom stereocenters. The number of carbonyl (C=O) groups excluding carboxylic acids is 2. The lowest BCUT2D eigenvalue weighted by molar-refractivity contribution is -0.666. The monoisotopic (exact) mass is 530 g/mol. The Bertz CT molecular complexity index is 1460. The maximum absolute atomic E-state index is 13.0. The van der Waals surface area contributed by atoms with Crippen LogP contribution in [0.1, 0.15) is 5.69 Å². The molecule has 0 aromatic carbocycles. The molecule has 6 N–H and O–H groups in total. The van der Waals surface area contributed by atoms with Crippen molar-refractivity contribution in [1.82, 2.24) is 24.8 Å². The number of hydrogen-bond donors (Lipinski definition) is 4. The molecule has 0 radical (unpaired) electrons. The van der Waals surface area contributed by atoms with Crippen molar-refractivity contribution in [2.45, 2.75) is 18.0 Å². The molecule has 5 rings (SSSR count). The molecular formula is C20H20N9O5S2+. The summed E-state index contributed by atoms with van der Waals surface area (Å²) in [6, 6.07) is 2.48. The number of oxime groups is 1. The van der Waals surface area contributed by atoms with Gasteiger partial charge in [-0.25, -0.2) is 14.3 Å². The van der Waals surface area contributed by atoms with Gasteiger partial charge in [0.2, 0.25) is 5.82 Å². The number of carbonyl (C=O) groups is 3. The molecule has 3 aromatic rings. The van der Waals surface area contributed by atoms with Crippen LogP contribution in [0.2, 0.25) is 0 Å². The number of aliphatic carboxylic acids is 1. The van der Waals surface area contributed by atoms with Crippen LogP contribution in [-0.2, 0) is 25.8 Å². The first kappa shape index (κ1) is 23.6. The molecule has 0 bridgehead atoms. The predicted octanol–water partition coefficient (Wildman–Crippen LogP) is -0.968. The number of aromatic nitrogens is 4. The summed E-state index contributed by atoms with van der Waals surface area (Å²) in [7, 11) is 1.28. The number of nitrogens with zero attached hydrogens (tertiary/aromatic N) is 6. The lowest BCUT2D eigenvalue weighted by Gasteiger charge is -2.49. The van der Waals surface area contributed by atoms with Gasteiger partial charge in [0.15, 0.2) is 10.8 Å². The molecule has 3 aromatic heterocycles. The second kappa shape index (κ2) is 9.12. The summed E-state index contributed by atoms with van der Waals surface area (Å²) in [5, 5.41) is 21.7. The molecule has 0 saturated carbocycles. The van der Waals surface area contributed by atoms with Crippen LogP contribution in [0.5, 0.6) is 0 Å². The van der Waals surface area contributed by atoms with Crippen LogP contribution < -0.4 is 21.4 Å². The zero-order valence-corrected chi connectivity index (χ0v) is 20.3. The molecule has 14 nitrogen and oxygen atoms in total. The average Bonchev–Trinajstić information content (AvgIpc) is 3.52. The van der Waals surface area contributed by atoms with Crippen LogP contribution in [0.15, 0.2) is 46.3 Å². The van der Waals surface area contributed by atoms with Crippen molar-refractivity contribution < 1.29 is 28.9 Å². The van der Waals surface area contributed by atoms with Crippen molar-refractivity contribution in [2.24, 2.45) is 5.16 Å². The number of nitrogens with two attached hydrogens (primary N) is 2. The molecule has 2 aliphatic heterocycles. The van der Waals surface area contributed by atoms with Crippen molar-refractivity contribution in [1.29, 1.82) is 0 Å². The van der Waals surface area contributed by atoms with Gasteiger partial charge in [-0.2, -0.15) is 0 Å². The van der Waals surface area contributed by atoms with Crippen molar-refractivity contribution >= 4 is 63.2 Å². The fourth-order valence-electron chi connectivity index (χ4n) is 4.07. The van der Waals surface area contributed by atoms with Crippen molar-refractivity contribution in [3.05, 3.63) is 46.9 Å². The SMILES string of the molecule is CO/N=C(\C(=O)N[C@@H]1C(=O)N2C(C(=O)O)=C(C[n+]3ccc(N)n4nccc43)CS[C@H]12)c1csc(N)n1. The van der Waals surface area contributed by atoms with E-state index in [1.807, 2.05) is 0 Å². The van der Waals surface area contributed by atoms with Gasteiger partial charge in [0, 0.05) is 22.8 Å². The Morgan fingerprint density at radius 1 is 1.39 bits per heavy atom. The molecule has 186 valence electrons. The first-order valence-corrected chi connectivity index (χ1v) is 12.4. The van der Waals surface area contributed by atoms with E-state index in [0.29, 0.717) is 22.8 Å². The van der Waals surface area contributed by atoms with Gasteiger partial charge in [-0.3, -0.25) is 14.5 Å². The summed E-state index contributed by atoms with van der Waals surface area (Å²) < 4.78 is 3.34. The highest BCUT2D eigenvalue weighted by Gasteiger charge is 2.54. The fourth-order valence-corrected chi connectivity index (χ4v) is 5.96. The zero-order chi connectivity index (χ0) is 25.6.